The van der Waals surface area contributed by atoms with Gasteiger partial charge in [-0.25, -0.2) is 4.98 Å². The molecular weight excluding hydrogens is 250 g/mol. The molecule has 0 saturated heterocycles. The molecule has 1 aromatic heterocycles. The zero-order valence-electron chi connectivity index (χ0n) is 10.9. The van der Waals surface area contributed by atoms with Gasteiger partial charge in [-0.3, -0.25) is 0 Å². The summed E-state index contributed by atoms with van der Waals surface area (Å²) in [5.74, 6) is 2.79. The first-order valence-corrected chi connectivity index (χ1v) is 6.88. The number of hydrogen-bond acceptors (Lipinski definition) is 4. The molecule has 2 unspecified atom stereocenters. The number of nitrogens with zero attached hydrogens (tertiary/aromatic N) is 2. The Labute approximate surface area is 113 Å². The molecule has 0 aromatic carbocycles. The van der Waals surface area contributed by atoms with Crippen molar-refractivity contribution in [2.45, 2.75) is 38.0 Å². The van der Waals surface area contributed by atoms with E-state index in [1.807, 2.05) is 13.0 Å². The van der Waals surface area contributed by atoms with Crippen LogP contribution < -0.4 is 10.1 Å². The number of nitrogens with one attached hydrogen (secondary N) is 1. The monoisotopic (exact) mass is 269 g/mol. The predicted molar refractivity (Wildman–Crippen MR) is 73.4 cm³/mol. The molecule has 0 amide bonds. The van der Waals surface area contributed by atoms with Crippen LogP contribution in [0.2, 0.25) is 0 Å². The van der Waals surface area contributed by atoms with E-state index in [1.165, 1.54) is 12.8 Å². The van der Waals surface area contributed by atoms with Crippen molar-refractivity contribution >= 4 is 17.4 Å². The van der Waals surface area contributed by atoms with Gasteiger partial charge in [0.15, 0.2) is 0 Å². The van der Waals surface area contributed by atoms with E-state index < -0.39 is 0 Å². The minimum Gasteiger partial charge on any atom is -0.481 e. The minimum atomic E-state index is 0.340. The quantitative estimate of drug-likeness (QED) is 0.854. The maximum absolute atomic E-state index is 6.19. The molecule has 1 aliphatic rings. The van der Waals surface area contributed by atoms with Gasteiger partial charge in [-0.05, 0) is 32.1 Å². The molecule has 1 N–H and O–H groups in total. The molecule has 0 spiro atoms. The Kier molecular flexibility index (Phi) is 4.64. The van der Waals surface area contributed by atoms with Gasteiger partial charge in [-0.15, -0.1) is 11.6 Å². The topological polar surface area (TPSA) is 47.0 Å². The SMILES string of the molecule is COc1cc(NCC2CCCC(Cl)C2)nc(C)n1. The molecule has 0 aliphatic heterocycles. The van der Waals surface area contributed by atoms with E-state index in [0.29, 0.717) is 17.2 Å². The largest absolute Gasteiger partial charge is 0.481 e. The first-order valence-electron chi connectivity index (χ1n) is 6.45. The molecule has 1 aliphatic carbocycles. The lowest BCUT2D eigenvalue weighted by atomic mass is 9.89. The lowest BCUT2D eigenvalue weighted by Gasteiger charge is -2.25. The van der Waals surface area contributed by atoms with Crippen LogP contribution in [0.5, 0.6) is 5.88 Å². The highest BCUT2D eigenvalue weighted by molar-refractivity contribution is 6.20. The number of hydrogen-bond donors (Lipinski definition) is 1. The third kappa shape index (κ3) is 3.73. The van der Waals surface area contributed by atoms with Crippen LogP contribution >= 0.6 is 11.6 Å². The third-order valence-electron chi connectivity index (χ3n) is 3.31. The van der Waals surface area contributed by atoms with Gasteiger partial charge in [-0.1, -0.05) is 6.42 Å². The van der Waals surface area contributed by atoms with E-state index in [1.54, 1.807) is 7.11 Å². The summed E-state index contributed by atoms with van der Waals surface area (Å²) in [6, 6.07) is 1.83. The maximum atomic E-state index is 6.19. The van der Waals surface area contributed by atoms with Crippen molar-refractivity contribution in [1.29, 1.82) is 0 Å². The summed E-state index contributed by atoms with van der Waals surface area (Å²) in [6.45, 7) is 2.78. The predicted octanol–water partition coefficient (Wildman–Crippen LogP) is 3.00. The molecule has 0 bridgehead atoms. The van der Waals surface area contributed by atoms with E-state index in [9.17, 15) is 0 Å². The summed E-state index contributed by atoms with van der Waals surface area (Å²) >= 11 is 6.19. The number of halogens is 1. The molecule has 18 heavy (non-hydrogen) atoms. The van der Waals surface area contributed by atoms with Gasteiger partial charge >= 0.3 is 0 Å². The molecule has 5 heteroatoms. The average molecular weight is 270 g/mol. The van der Waals surface area contributed by atoms with Crippen molar-refractivity contribution in [3.8, 4) is 5.88 Å². The summed E-state index contributed by atoms with van der Waals surface area (Å²) in [5, 5.41) is 3.70. The van der Waals surface area contributed by atoms with Gasteiger partial charge in [0.25, 0.3) is 0 Å². The summed E-state index contributed by atoms with van der Waals surface area (Å²) in [6.07, 6.45) is 4.72. The Hall–Kier alpha value is -1.03. The molecule has 100 valence electrons. The fourth-order valence-electron chi connectivity index (χ4n) is 2.40. The van der Waals surface area contributed by atoms with E-state index in [2.05, 4.69) is 15.3 Å². The van der Waals surface area contributed by atoms with Gasteiger partial charge < -0.3 is 10.1 Å². The van der Waals surface area contributed by atoms with Gasteiger partial charge in [0.05, 0.1) is 7.11 Å². The Balaban J connectivity index is 1.91. The summed E-state index contributed by atoms with van der Waals surface area (Å²) in [4.78, 5) is 8.51. The van der Waals surface area contributed by atoms with Crippen molar-refractivity contribution in [2.24, 2.45) is 5.92 Å². The first-order chi connectivity index (χ1) is 8.67. The van der Waals surface area contributed by atoms with Gasteiger partial charge in [0.1, 0.15) is 11.6 Å². The van der Waals surface area contributed by atoms with Crippen LogP contribution in [0.3, 0.4) is 0 Å². The smallest absolute Gasteiger partial charge is 0.218 e. The van der Waals surface area contributed by atoms with E-state index >= 15 is 0 Å². The van der Waals surface area contributed by atoms with Crippen LogP contribution in [0.15, 0.2) is 6.07 Å². The standard InChI is InChI=1S/C13H20ClN3O/c1-9-16-12(7-13(17-9)18-2)15-8-10-4-3-5-11(14)6-10/h7,10-11H,3-6,8H2,1-2H3,(H,15,16,17). The number of anilines is 1. The van der Waals surface area contributed by atoms with E-state index in [4.69, 9.17) is 16.3 Å². The van der Waals surface area contributed by atoms with Gasteiger partial charge in [-0.2, -0.15) is 4.98 Å². The van der Waals surface area contributed by atoms with Crippen LogP contribution in [0.1, 0.15) is 31.5 Å². The third-order valence-corrected chi connectivity index (χ3v) is 3.71. The second-order valence-electron chi connectivity index (χ2n) is 4.85. The second-order valence-corrected chi connectivity index (χ2v) is 5.47. The summed E-state index contributed by atoms with van der Waals surface area (Å²) in [5.41, 5.74) is 0. The van der Waals surface area contributed by atoms with Crippen LogP contribution in [0.25, 0.3) is 0 Å². The highest BCUT2D eigenvalue weighted by atomic mass is 35.5. The fourth-order valence-corrected chi connectivity index (χ4v) is 2.80. The molecule has 4 nitrogen and oxygen atoms in total. The Morgan fingerprint density at radius 2 is 2.28 bits per heavy atom. The van der Waals surface area contributed by atoms with Crippen molar-refractivity contribution in [2.75, 3.05) is 19.0 Å². The molecule has 1 heterocycles. The van der Waals surface area contributed by atoms with Crippen molar-refractivity contribution in [3.05, 3.63) is 11.9 Å². The molecule has 2 atom stereocenters. The van der Waals surface area contributed by atoms with Crippen LogP contribution in [-0.4, -0.2) is 29.0 Å². The lowest BCUT2D eigenvalue weighted by molar-refractivity contribution is 0.377. The van der Waals surface area contributed by atoms with Crippen LogP contribution in [0.4, 0.5) is 5.82 Å². The summed E-state index contributed by atoms with van der Waals surface area (Å²) < 4.78 is 5.13. The molecule has 2 rings (SSSR count). The lowest BCUT2D eigenvalue weighted by Crippen LogP contribution is -2.22. The van der Waals surface area contributed by atoms with Crippen molar-refractivity contribution < 1.29 is 4.74 Å². The summed E-state index contributed by atoms with van der Waals surface area (Å²) in [7, 11) is 1.62. The maximum Gasteiger partial charge on any atom is 0.218 e. The number of ether oxygens (including phenoxy) is 1. The molecule has 1 fully saturated rings. The van der Waals surface area contributed by atoms with Crippen LogP contribution in [0, 0.1) is 12.8 Å². The highest BCUT2D eigenvalue weighted by Gasteiger charge is 2.20. The van der Waals surface area contributed by atoms with E-state index in [0.717, 1.165) is 31.0 Å². The second kappa shape index (κ2) is 6.23. The number of aryl methyl sites for hydroxylation is 1. The van der Waals surface area contributed by atoms with Gasteiger partial charge in [0, 0.05) is 18.0 Å². The Morgan fingerprint density at radius 1 is 1.44 bits per heavy atom. The molecule has 1 saturated carbocycles. The minimum absolute atomic E-state index is 0.340. The van der Waals surface area contributed by atoms with Crippen molar-refractivity contribution in [3.63, 3.8) is 0 Å². The highest BCUT2D eigenvalue weighted by Crippen LogP contribution is 2.28. The normalized spacial score (nSPS) is 23.7. The number of aromatic nitrogens is 2. The van der Waals surface area contributed by atoms with E-state index in [-0.39, 0.29) is 0 Å². The van der Waals surface area contributed by atoms with Crippen LogP contribution in [-0.2, 0) is 0 Å². The Morgan fingerprint density at radius 3 is 3.00 bits per heavy atom. The number of alkyl halides is 1. The molecular formula is C13H20ClN3O. The number of methoxy groups -OCH3 is 1. The Bertz CT molecular complexity index is 400. The average Bonchev–Trinajstić information content (AvgIpc) is 2.36. The molecule has 1 aromatic rings. The zero-order chi connectivity index (χ0) is 13.0. The molecule has 0 radical (unpaired) electrons. The first kappa shape index (κ1) is 13.4. The van der Waals surface area contributed by atoms with Gasteiger partial charge in [0.2, 0.25) is 5.88 Å². The van der Waals surface area contributed by atoms with Crippen molar-refractivity contribution in [1.82, 2.24) is 9.97 Å². The number of rotatable bonds is 4. The fraction of sp³-hybridized carbons (Fsp3) is 0.692. The zero-order valence-corrected chi connectivity index (χ0v) is 11.7.